The number of hydrogen-bond donors (Lipinski definition) is 1. The van der Waals surface area contributed by atoms with Crippen molar-refractivity contribution in [2.45, 2.75) is 31.7 Å². The van der Waals surface area contributed by atoms with Gasteiger partial charge in [0, 0.05) is 18.8 Å². The molecule has 0 spiro atoms. The second-order valence-corrected chi connectivity index (χ2v) is 8.92. The highest BCUT2D eigenvalue weighted by molar-refractivity contribution is 7.89. The largest absolute Gasteiger partial charge is 0.344 e. The Morgan fingerprint density at radius 2 is 1.71 bits per heavy atom. The van der Waals surface area contributed by atoms with Crippen LogP contribution in [0.3, 0.4) is 0 Å². The Bertz CT molecular complexity index is 1140. The lowest BCUT2D eigenvalue weighted by molar-refractivity contribution is 0.0933. The standard InChI is InChI=1S/C22H25FN4O3S/c1-4-26(5-2)31(29,30)20-12-6-17(7-13-20)16(3)25-22(28)21-14-24-15-27(21)19-10-8-18(23)9-11-19/h6-16H,4-5H2,1-3H3,(H,25,28)/t16-/m1/s1. The number of imidazole rings is 1. The van der Waals surface area contributed by atoms with Gasteiger partial charge in [-0.2, -0.15) is 4.31 Å². The van der Waals surface area contributed by atoms with Gasteiger partial charge in [-0.05, 0) is 48.9 Å². The number of benzene rings is 2. The van der Waals surface area contributed by atoms with E-state index in [0.29, 0.717) is 24.5 Å². The molecule has 0 fully saturated rings. The molecule has 0 unspecified atom stereocenters. The number of carbonyl (C=O) groups excluding carboxylic acids is 1. The molecule has 9 heteroatoms. The van der Waals surface area contributed by atoms with E-state index >= 15 is 0 Å². The summed E-state index contributed by atoms with van der Waals surface area (Å²) in [6.45, 7) is 6.20. The molecule has 0 radical (unpaired) electrons. The van der Waals surface area contributed by atoms with Gasteiger partial charge in [-0.1, -0.05) is 26.0 Å². The van der Waals surface area contributed by atoms with Gasteiger partial charge in [-0.25, -0.2) is 17.8 Å². The molecule has 0 saturated heterocycles. The zero-order valence-electron chi connectivity index (χ0n) is 17.6. The van der Waals surface area contributed by atoms with E-state index in [-0.39, 0.29) is 22.7 Å². The smallest absolute Gasteiger partial charge is 0.270 e. The fourth-order valence-electron chi connectivity index (χ4n) is 3.27. The fourth-order valence-corrected chi connectivity index (χ4v) is 4.72. The van der Waals surface area contributed by atoms with Crippen molar-refractivity contribution >= 4 is 15.9 Å². The van der Waals surface area contributed by atoms with Crippen LogP contribution in [0.2, 0.25) is 0 Å². The fraction of sp³-hybridized carbons (Fsp3) is 0.273. The zero-order chi connectivity index (χ0) is 22.6. The quantitative estimate of drug-likeness (QED) is 0.576. The first-order valence-corrected chi connectivity index (χ1v) is 11.4. The summed E-state index contributed by atoms with van der Waals surface area (Å²) in [5, 5.41) is 2.89. The van der Waals surface area contributed by atoms with Gasteiger partial charge in [0.05, 0.1) is 23.5 Å². The topological polar surface area (TPSA) is 84.3 Å². The van der Waals surface area contributed by atoms with E-state index in [1.165, 1.54) is 29.0 Å². The molecule has 1 heterocycles. The van der Waals surface area contributed by atoms with Gasteiger partial charge >= 0.3 is 0 Å². The molecule has 0 aliphatic carbocycles. The van der Waals surface area contributed by atoms with Crippen molar-refractivity contribution in [3.05, 3.63) is 78.1 Å². The first-order valence-electron chi connectivity index (χ1n) is 9.97. The summed E-state index contributed by atoms with van der Waals surface area (Å²) in [6.07, 6.45) is 2.92. The third-order valence-corrected chi connectivity index (χ3v) is 7.11. The average molecular weight is 445 g/mol. The van der Waals surface area contributed by atoms with Crippen molar-refractivity contribution in [1.29, 1.82) is 0 Å². The van der Waals surface area contributed by atoms with E-state index in [2.05, 4.69) is 10.3 Å². The minimum absolute atomic E-state index is 0.216. The Morgan fingerprint density at radius 1 is 1.10 bits per heavy atom. The Balaban J connectivity index is 1.75. The van der Waals surface area contributed by atoms with Gasteiger partial charge in [-0.15, -0.1) is 0 Å². The highest BCUT2D eigenvalue weighted by Crippen LogP contribution is 2.20. The molecule has 0 aliphatic rings. The van der Waals surface area contributed by atoms with E-state index < -0.39 is 10.0 Å². The summed E-state index contributed by atoms with van der Waals surface area (Å²) in [6, 6.07) is 11.9. The molecule has 3 rings (SSSR count). The lowest BCUT2D eigenvalue weighted by Gasteiger charge is -2.19. The SMILES string of the molecule is CCN(CC)S(=O)(=O)c1ccc([C@@H](C)NC(=O)c2cncn2-c2ccc(F)cc2)cc1. The molecule has 7 nitrogen and oxygen atoms in total. The van der Waals surface area contributed by atoms with Crippen LogP contribution < -0.4 is 5.32 Å². The summed E-state index contributed by atoms with van der Waals surface area (Å²) in [5.74, 6) is -0.718. The zero-order valence-corrected chi connectivity index (χ0v) is 18.4. The van der Waals surface area contributed by atoms with Crippen molar-refractivity contribution in [2.24, 2.45) is 0 Å². The molecule has 164 valence electrons. The van der Waals surface area contributed by atoms with E-state index in [1.807, 2.05) is 6.92 Å². The van der Waals surface area contributed by atoms with Crippen molar-refractivity contribution in [1.82, 2.24) is 19.2 Å². The van der Waals surface area contributed by atoms with Crippen LogP contribution >= 0.6 is 0 Å². The molecular weight excluding hydrogens is 419 g/mol. The molecule has 2 aromatic carbocycles. The highest BCUT2D eigenvalue weighted by Gasteiger charge is 2.22. The highest BCUT2D eigenvalue weighted by atomic mass is 32.2. The lowest BCUT2D eigenvalue weighted by atomic mass is 10.1. The summed E-state index contributed by atoms with van der Waals surface area (Å²) < 4.78 is 41.4. The molecule has 31 heavy (non-hydrogen) atoms. The normalized spacial score (nSPS) is 12.7. The average Bonchev–Trinajstić information content (AvgIpc) is 3.25. The van der Waals surface area contributed by atoms with E-state index in [1.54, 1.807) is 54.8 Å². The summed E-state index contributed by atoms with van der Waals surface area (Å²) >= 11 is 0. The van der Waals surface area contributed by atoms with Crippen molar-refractivity contribution in [3.63, 3.8) is 0 Å². The number of aromatic nitrogens is 2. The third kappa shape index (κ3) is 4.83. The molecule has 1 aromatic heterocycles. The van der Waals surface area contributed by atoms with Crippen LogP contribution in [0.5, 0.6) is 0 Å². The molecule has 0 aliphatic heterocycles. The van der Waals surface area contributed by atoms with Crippen molar-refractivity contribution in [2.75, 3.05) is 13.1 Å². The second kappa shape index (κ2) is 9.40. The van der Waals surface area contributed by atoms with Gasteiger partial charge < -0.3 is 5.32 Å². The molecule has 1 N–H and O–H groups in total. The van der Waals surface area contributed by atoms with Crippen LogP contribution in [0, 0.1) is 5.82 Å². The van der Waals surface area contributed by atoms with Crippen LogP contribution in [-0.2, 0) is 10.0 Å². The number of sulfonamides is 1. The molecule has 3 aromatic rings. The number of nitrogens with zero attached hydrogens (tertiary/aromatic N) is 3. The number of amides is 1. The van der Waals surface area contributed by atoms with Gasteiger partial charge in [-0.3, -0.25) is 9.36 Å². The third-order valence-electron chi connectivity index (χ3n) is 5.05. The van der Waals surface area contributed by atoms with Crippen molar-refractivity contribution in [3.8, 4) is 5.69 Å². The Labute approximate surface area is 181 Å². The predicted molar refractivity (Wildman–Crippen MR) is 116 cm³/mol. The maximum atomic E-state index is 13.2. The van der Waals surface area contributed by atoms with Gasteiger partial charge in [0.15, 0.2) is 0 Å². The molecule has 1 atom stereocenters. The molecular formula is C22H25FN4O3S. The van der Waals surface area contributed by atoms with Crippen LogP contribution in [0.25, 0.3) is 5.69 Å². The first kappa shape index (κ1) is 22.6. The van der Waals surface area contributed by atoms with E-state index in [0.717, 1.165) is 5.56 Å². The predicted octanol–water partition coefficient (Wildman–Crippen LogP) is 3.53. The van der Waals surface area contributed by atoms with Crippen LogP contribution in [-0.4, -0.2) is 41.3 Å². The Hall–Kier alpha value is -3.04. The number of rotatable bonds is 8. The molecule has 0 saturated carbocycles. The maximum Gasteiger partial charge on any atom is 0.270 e. The number of nitrogens with one attached hydrogen (secondary N) is 1. The van der Waals surface area contributed by atoms with E-state index in [9.17, 15) is 17.6 Å². The van der Waals surface area contributed by atoms with Crippen molar-refractivity contribution < 1.29 is 17.6 Å². The van der Waals surface area contributed by atoms with Gasteiger partial charge in [0.1, 0.15) is 11.5 Å². The minimum Gasteiger partial charge on any atom is -0.344 e. The molecule has 1 amide bonds. The van der Waals surface area contributed by atoms with E-state index in [4.69, 9.17) is 0 Å². The van der Waals surface area contributed by atoms with Crippen LogP contribution in [0.15, 0.2) is 66.0 Å². The molecule has 0 bridgehead atoms. The van der Waals surface area contributed by atoms with Gasteiger partial charge in [0.2, 0.25) is 10.0 Å². The summed E-state index contributed by atoms with van der Waals surface area (Å²) in [7, 11) is -3.53. The van der Waals surface area contributed by atoms with Crippen LogP contribution in [0.1, 0.15) is 42.9 Å². The monoisotopic (exact) mass is 444 g/mol. The Kier molecular flexibility index (Phi) is 6.87. The number of hydrogen-bond acceptors (Lipinski definition) is 4. The Morgan fingerprint density at radius 3 is 2.29 bits per heavy atom. The lowest BCUT2D eigenvalue weighted by Crippen LogP contribution is -2.30. The first-order chi connectivity index (χ1) is 14.8. The van der Waals surface area contributed by atoms with Crippen LogP contribution in [0.4, 0.5) is 4.39 Å². The summed E-state index contributed by atoms with van der Waals surface area (Å²) in [4.78, 5) is 17.0. The van der Waals surface area contributed by atoms with Gasteiger partial charge in [0.25, 0.3) is 5.91 Å². The number of carbonyl (C=O) groups is 1. The summed E-state index contributed by atoms with van der Waals surface area (Å²) in [5.41, 5.74) is 1.68. The second-order valence-electron chi connectivity index (χ2n) is 6.98. The minimum atomic E-state index is -3.53. The number of halogens is 1. The maximum absolute atomic E-state index is 13.2.